The molecule has 1 heterocycles. The van der Waals surface area contributed by atoms with E-state index in [9.17, 15) is 5.26 Å². The fourth-order valence-electron chi connectivity index (χ4n) is 2.86. The average molecular weight is 250 g/mol. The zero-order valence-electron chi connectivity index (χ0n) is 11.9. The van der Waals surface area contributed by atoms with Gasteiger partial charge in [0.1, 0.15) is 5.54 Å². The fraction of sp³-hybridized carbons (Fsp3) is 0.929. The zero-order valence-corrected chi connectivity index (χ0v) is 11.9. The first kappa shape index (κ1) is 13.8. The van der Waals surface area contributed by atoms with E-state index in [2.05, 4.69) is 35.3 Å². The summed E-state index contributed by atoms with van der Waals surface area (Å²) in [5, 5.41) is 12.9. The number of likely N-dealkylation sites (N-methyl/N-ethyl adjacent to an activating group) is 1. The molecule has 4 heteroatoms. The van der Waals surface area contributed by atoms with Crippen LogP contribution in [-0.4, -0.2) is 61.2 Å². The summed E-state index contributed by atoms with van der Waals surface area (Å²) in [5.41, 5.74) is -0.390. The molecule has 2 rings (SSSR count). The summed E-state index contributed by atoms with van der Waals surface area (Å²) in [6.45, 7) is 5.22. The summed E-state index contributed by atoms with van der Waals surface area (Å²) < 4.78 is 0. The lowest BCUT2D eigenvalue weighted by molar-refractivity contribution is 0.126. The van der Waals surface area contributed by atoms with Gasteiger partial charge in [0.25, 0.3) is 0 Å². The molecule has 2 aliphatic rings. The van der Waals surface area contributed by atoms with Gasteiger partial charge in [-0.15, -0.1) is 0 Å². The van der Waals surface area contributed by atoms with E-state index in [1.165, 1.54) is 38.8 Å². The zero-order chi connectivity index (χ0) is 13.2. The van der Waals surface area contributed by atoms with E-state index in [1.54, 1.807) is 0 Å². The molecule has 1 saturated carbocycles. The quantitative estimate of drug-likeness (QED) is 0.792. The lowest BCUT2D eigenvalue weighted by atomic mass is 9.99. The Morgan fingerprint density at radius 3 is 2.44 bits per heavy atom. The van der Waals surface area contributed by atoms with Crippen molar-refractivity contribution in [1.82, 2.24) is 15.1 Å². The van der Waals surface area contributed by atoms with E-state index < -0.39 is 0 Å². The van der Waals surface area contributed by atoms with Crippen LogP contribution in [0.4, 0.5) is 0 Å². The highest BCUT2D eigenvalue weighted by molar-refractivity contribution is 5.09. The van der Waals surface area contributed by atoms with Gasteiger partial charge in [-0.05, 0) is 59.8 Å². The third-order valence-corrected chi connectivity index (χ3v) is 4.22. The Morgan fingerprint density at radius 2 is 1.94 bits per heavy atom. The van der Waals surface area contributed by atoms with Crippen molar-refractivity contribution in [2.24, 2.45) is 0 Å². The molecule has 1 aliphatic carbocycles. The molecule has 18 heavy (non-hydrogen) atoms. The van der Waals surface area contributed by atoms with Crippen molar-refractivity contribution >= 4 is 0 Å². The first-order chi connectivity index (χ1) is 8.52. The monoisotopic (exact) mass is 250 g/mol. The molecular weight excluding hydrogens is 224 g/mol. The molecule has 1 N–H and O–H groups in total. The van der Waals surface area contributed by atoms with E-state index in [0.29, 0.717) is 12.1 Å². The number of rotatable bonds is 5. The van der Waals surface area contributed by atoms with Crippen molar-refractivity contribution in [2.75, 3.05) is 33.7 Å². The normalized spacial score (nSPS) is 25.9. The fourth-order valence-corrected chi connectivity index (χ4v) is 2.86. The van der Waals surface area contributed by atoms with Crippen molar-refractivity contribution in [3.63, 3.8) is 0 Å². The van der Waals surface area contributed by atoms with Gasteiger partial charge in [0.15, 0.2) is 0 Å². The van der Waals surface area contributed by atoms with Crippen molar-refractivity contribution in [2.45, 2.75) is 50.2 Å². The van der Waals surface area contributed by atoms with Crippen molar-refractivity contribution in [3.8, 4) is 6.07 Å². The third-order valence-electron chi connectivity index (χ3n) is 4.22. The molecule has 4 nitrogen and oxygen atoms in total. The van der Waals surface area contributed by atoms with Crippen LogP contribution >= 0.6 is 0 Å². The van der Waals surface area contributed by atoms with Crippen LogP contribution in [-0.2, 0) is 0 Å². The number of nitriles is 1. The molecule has 0 radical (unpaired) electrons. The largest absolute Gasteiger partial charge is 0.306 e. The molecule has 0 bridgehead atoms. The van der Waals surface area contributed by atoms with E-state index >= 15 is 0 Å². The second kappa shape index (κ2) is 5.56. The van der Waals surface area contributed by atoms with Crippen LogP contribution in [0, 0.1) is 11.3 Å². The topological polar surface area (TPSA) is 42.3 Å². The van der Waals surface area contributed by atoms with Crippen LogP contribution in [0.5, 0.6) is 0 Å². The van der Waals surface area contributed by atoms with E-state index in [0.717, 1.165) is 6.54 Å². The number of nitrogens with one attached hydrogen (secondary N) is 1. The van der Waals surface area contributed by atoms with Crippen molar-refractivity contribution in [1.29, 1.82) is 5.26 Å². The second-order valence-electron chi connectivity index (χ2n) is 6.31. The van der Waals surface area contributed by atoms with Gasteiger partial charge in [0.2, 0.25) is 0 Å². The maximum Gasteiger partial charge on any atom is 0.116 e. The number of nitrogens with zero attached hydrogens (tertiary/aromatic N) is 3. The highest BCUT2D eigenvalue weighted by Gasteiger charge is 2.34. The molecule has 1 aliphatic heterocycles. The Bertz CT molecular complexity index is 312. The summed E-state index contributed by atoms with van der Waals surface area (Å²) in [4.78, 5) is 4.77. The SMILES string of the molecule is CN1CCC(N(C)CC(C)(C#N)NC2CC2)CC1. The van der Waals surface area contributed by atoms with Gasteiger partial charge < -0.3 is 9.80 Å². The Balaban J connectivity index is 1.84. The van der Waals surface area contributed by atoms with Crippen molar-refractivity contribution in [3.05, 3.63) is 0 Å². The first-order valence-corrected chi connectivity index (χ1v) is 7.10. The molecule has 102 valence electrons. The van der Waals surface area contributed by atoms with E-state index in [4.69, 9.17) is 0 Å². The Hall–Kier alpha value is -0.630. The summed E-state index contributed by atoms with van der Waals surface area (Å²) in [6, 6.07) is 3.68. The van der Waals surface area contributed by atoms with Crippen LogP contribution < -0.4 is 5.32 Å². The number of piperidine rings is 1. The maximum absolute atomic E-state index is 9.40. The summed E-state index contributed by atoms with van der Waals surface area (Å²) in [6.07, 6.45) is 4.90. The molecule has 0 aromatic rings. The molecule has 0 amide bonds. The van der Waals surface area contributed by atoms with Crippen LogP contribution in [0.2, 0.25) is 0 Å². The standard InChI is InChI=1S/C14H26N4/c1-14(10-15,16-12-4-5-12)11-18(3)13-6-8-17(2)9-7-13/h12-13,16H,4-9,11H2,1-3H3. The van der Waals surface area contributed by atoms with E-state index in [1.807, 2.05) is 6.92 Å². The minimum Gasteiger partial charge on any atom is -0.306 e. The molecule has 0 spiro atoms. The van der Waals surface area contributed by atoms with Gasteiger partial charge in [-0.25, -0.2) is 0 Å². The molecule has 0 aromatic carbocycles. The molecule has 1 atom stereocenters. The van der Waals surface area contributed by atoms with Gasteiger partial charge in [-0.2, -0.15) is 5.26 Å². The summed E-state index contributed by atoms with van der Waals surface area (Å²) in [5.74, 6) is 0. The van der Waals surface area contributed by atoms with Gasteiger partial charge in [-0.3, -0.25) is 5.32 Å². The summed E-state index contributed by atoms with van der Waals surface area (Å²) in [7, 11) is 4.35. The lowest BCUT2D eigenvalue weighted by Gasteiger charge is -2.38. The molecule has 1 unspecified atom stereocenters. The molecule has 0 aromatic heterocycles. The molecule has 2 fully saturated rings. The van der Waals surface area contributed by atoms with E-state index in [-0.39, 0.29) is 5.54 Å². The first-order valence-electron chi connectivity index (χ1n) is 7.10. The van der Waals surface area contributed by atoms with Crippen molar-refractivity contribution < 1.29 is 0 Å². The van der Waals surface area contributed by atoms with Crippen LogP contribution in [0.1, 0.15) is 32.6 Å². The third kappa shape index (κ3) is 3.68. The Morgan fingerprint density at radius 1 is 1.33 bits per heavy atom. The van der Waals surface area contributed by atoms with Crippen LogP contribution in [0.25, 0.3) is 0 Å². The number of likely N-dealkylation sites (tertiary alicyclic amines) is 1. The maximum atomic E-state index is 9.40. The van der Waals surface area contributed by atoms with Gasteiger partial charge in [0.05, 0.1) is 6.07 Å². The van der Waals surface area contributed by atoms with Crippen LogP contribution in [0.3, 0.4) is 0 Å². The Kier molecular flexibility index (Phi) is 4.26. The predicted molar refractivity (Wildman–Crippen MR) is 73.3 cm³/mol. The van der Waals surface area contributed by atoms with Gasteiger partial charge in [-0.1, -0.05) is 0 Å². The molecule has 1 saturated heterocycles. The van der Waals surface area contributed by atoms with Crippen LogP contribution in [0.15, 0.2) is 0 Å². The highest BCUT2D eigenvalue weighted by Crippen LogP contribution is 2.23. The number of hydrogen-bond donors (Lipinski definition) is 1. The highest BCUT2D eigenvalue weighted by atomic mass is 15.2. The average Bonchev–Trinajstić information content (AvgIpc) is 3.13. The molecular formula is C14H26N4. The minimum absolute atomic E-state index is 0.390. The Labute approximate surface area is 111 Å². The number of hydrogen-bond acceptors (Lipinski definition) is 4. The van der Waals surface area contributed by atoms with Gasteiger partial charge in [0, 0.05) is 18.6 Å². The lowest BCUT2D eigenvalue weighted by Crippen LogP contribution is -2.54. The minimum atomic E-state index is -0.390. The summed E-state index contributed by atoms with van der Waals surface area (Å²) >= 11 is 0. The second-order valence-corrected chi connectivity index (χ2v) is 6.31. The predicted octanol–water partition coefficient (Wildman–Crippen LogP) is 1.05. The van der Waals surface area contributed by atoms with Gasteiger partial charge >= 0.3 is 0 Å². The smallest absolute Gasteiger partial charge is 0.116 e.